The average Bonchev–Trinajstić information content (AvgIpc) is 3.55. The van der Waals surface area contributed by atoms with E-state index in [1.54, 1.807) is 26.9 Å². The van der Waals surface area contributed by atoms with E-state index in [9.17, 15) is 19.5 Å². The van der Waals surface area contributed by atoms with E-state index in [-0.39, 0.29) is 24.3 Å². The van der Waals surface area contributed by atoms with Gasteiger partial charge in [-0.05, 0) is 52.0 Å². The van der Waals surface area contributed by atoms with Gasteiger partial charge in [-0.1, -0.05) is 56.3 Å². The fraction of sp³-hybridized carbons (Fsp3) is 0.606. The first-order valence-electron chi connectivity index (χ1n) is 15.0. The van der Waals surface area contributed by atoms with Gasteiger partial charge in [-0.3, -0.25) is 14.4 Å². The number of hydrogen-bond acceptors (Lipinski definition) is 5. The van der Waals surface area contributed by atoms with Crippen molar-refractivity contribution in [2.24, 2.45) is 11.8 Å². The molecule has 1 spiro atoms. The molecule has 0 saturated carbocycles. The SMILES string of the molecule is C=CCN(CCC)C(=O)[C@H]1[C@H]2C(=O)N([C@H](CO)c3ccccc3)C(C(=O)N(CC=C)C(C)(C)C)C23CC[C@]1(CC)O3. The molecule has 3 fully saturated rings. The van der Waals surface area contributed by atoms with Crippen molar-refractivity contribution in [1.29, 1.82) is 0 Å². The molecule has 8 heteroatoms. The zero-order valence-electron chi connectivity index (χ0n) is 25.3. The summed E-state index contributed by atoms with van der Waals surface area (Å²) in [6.45, 7) is 18.4. The van der Waals surface area contributed by atoms with Crippen LogP contribution in [0.2, 0.25) is 0 Å². The summed E-state index contributed by atoms with van der Waals surface area (Å²) >= 11 is 0. The third-order valence-electron chi connectivity index (χ3n) is 9.35. The van der Waals surface area contributed by atoms with Gasteiger partial charge in [-0.15, -0.1) is 13.2 Å². The number of likely N-dealkylation sites (tertiary alicyclic amines) is 1. The number of hydrogen-bond donors (Lipinski definition) is 1. The van der Waals surface area contributed by atoms with E-state index < -0.39 is 40.7 Å². The third-order valence-corrected chi connectivity index (χ3v) is 9.35. The van der Waals surface area contributed by atoms with E-state index >= 15 is 0 Å². The number of aliphatic hydroxyl groups excluding tert-OH is 1. The Labute approximate surface area is 245 Å². The Kier molecular flexibility index (Phi) is 8.86. The summed E-state index contributed by atoms with van der Waals surface area (Å²) in [5, 5.41) is 10.7. The lowest BCUT2D eigenvalue weighted by atomic mass is 9.64. The minimum absolute atomic E-state index is 0.124. The van der Waals surface area contributed by atoms with Gasteiger partial charge in [-0.25, -0.2) is 0 Å². The van der Waals surface area contributed by atoms with Crippen LogP contribution < -0.4 is 0 Å². The zero-order valence-corrected chi connectivity index (χ0v) is 25.3. The van der Waals surface area contributed by atoms with Gasteiger partial charge >= 0.3 is 0 Å². The van der Waals surface area contributed by atoms with E-state index in [1.165, 1.54) is 0 Å². The maximum atomic E-state index is 14.8. The van der Waals surface area contributed by atoms with Gasteiger partial charge in [0.1, 0.15) is 11.6 Å². The Morgan fingerprint density at radius 1 is 1.12 bits per heavy atom. The fourth-order valence-corrected chi connectivity index (χ4v) is 7.56. The first kappa shape index (κ1) is 31.0. The van der Waals surface area contributed by atoms with Gasteiger partial charge in [0.2, 0.25) is 17.7 Å². The zero-order chi connectivity index (χ0) is 30.2. The second kappa shape index (κ2) is 11.7. The second-order valence-corrected chi connectivity index (χ2v) is 12.7. The van der Waals surface area contributed by atoms with Gasteiger partial charge in [0.25, 0.3) is 0 Å². The number of amides is 3. The molecule has 0 aromatic heterocycles. The standard InChI is InChI=1S/C33H47N3O5/c1-8-19-34(20-9-2)28(38)25-26-29(39)36(24(22-37)23-15-13-12-14-16-23)27(30(40)35(21-10-3)31(5,6)7)33(26)18-17-32(25,11-4)41-33/h8,10,12-16,24-27,37H,1,3,9,11,17-22H2,2,4-7H3/t24-,25-,26+,27?,32+,33?/m1/s1. The maximum Gasteiger partial charge on any atom is 0.249 e. The van der Waals surface area contributed by atoms with Crippen LogP contribution >= 0.6 is 0 Å². The number of fused-ring (bicyclic) bond motifs is 1. The maximum absolute atomic E-state index is 14.8. The monoisotopic (exact) mass is 565 g/mol. The summed E-state index contributed by atoms with van der Waals surface area (Å²) in [6, 6.07) is 7.53. The summed E-state index contributed by atoms with van der Waals surface area (Å²) < 4.78 is 6.98. The number of carbonyl (C=O) groups is 3. The number of aliphatic hydroxyl groups is 1. The van der Waals surface area contributed by atoms with E-state index in [0.29, 0.717) is 38.9 Å². The fourth-order valence-electron chi connectivity index (χ4n) is 7.56. The predicted octanol–water partition coefficient (Wildman–Crippen LogP) is 4.11. The molecular weight excluding hydrogens is 518 g/mol. The highest BCUT2D eigenvalue weighted by Crippen LogP contribution is 2.65. The quantitative estimate of drug-likeness (QED) is 0.385. The van der Waals surface area contributed by atoms with Crippen LogP contribution in [0.3, 0.4) is 0 Å². The van der Waals surface area contributed by atoms with Crippen LogP contribution in [0.25, 0.3) is 0 Å². The average molecular weight is 566 g/mol. The molecule has 41 heavy (non-hydrogen) atoms. The van der Waals surface area contributed by atoms with E-state index in [1.807, 2.05) is 65.0 Å². The molecule has 8 nitrogen and oxygen atoms in total. The molecule has 0 aliphatic carbocycles. The van der Waals surface area contributed by atoms with Crippen molar-refractivity contribution in [1.82, 2.24) is 14.7 Å². The summed E-state index contributed by atoms with van der Waals surface area (Å²) in [7, 11) is 0. The molecule has 1 N–H and O–H groups in total. The van der Waals surface area contributed by atoms with Crippen LogP contribution in [0.1, 0.15) is 71.9 Å². The molecule has 3 heterocycles. The van der Waals surface area contributed by atoms with Crippen molar-refractivity contribution in [3.05, 3.63) is 61.2 Å². The molecule has 1 aromatic carbocycles. The van der Waals surface area contributed by atoms with Gasteiger partial charge in [-0.2, -0.15) is 0 Å². The van der Waals surface area contributed by atoms with Gasteiger partial charge in [0.05, 0.1) is 30.1 Å². The van der Waals surface area contributed by atoms with Crippen molar-refractivity contribution in [2.45, 2.75) is 89.1 Å². The normalized spacial score (nSPS) is 29.3. The Hall–Kier alpha value is -2.97. The summed E-state index contributed by atoms with van der Waals surface area (Å²) in [5.41, 5.74) is -1.84. The topological polar surface area (TPSA) is 90.4 Å². The number of carbonyl (C=O) groups excluding carboxylic acids is 3. The number of rotatable bonds is 12. The van der Waals surface area contributed by atoms with E-state index in [0.717, 1.165) is 12.0 Å². The van der Waals surface area contributed by atoms with Crippen LogP contribution in [-0.2, 0) is 19.1 Å². The van der Waals surface area contributed by atoms with Gasteiger partial charge in [0.15, 0.2) is 0 Å². The van der Waals surface area contributed by atoms with Crippen LogP contribution in [-0.4, -0.2) is 86.6 Å². The highest BCUT2D eigenvalue weighted by atomic mass is 16.5. The smallest absolute Gasteiger partial charge is 0.249 e. The molecule has 3 amide bonds. The van der Waals surface area contributed by atoms with Crippen molar-refractivity contribution in [2.75, 3.05) is 26.2 Å². The lowest BCUT2D eigenvalue weighted by molar-refractivity contribution is -0.160. The Balaban J connectivity index is 1.92. The number of ether oxygens (including phenoxy) is 1. The Morgan fingerprint density at radius 3 is 2.32 bits per heavy atom. The summed E-state index contributed by atoms with van der Waals surface area (Å²) in [5.74, 6) is -2.23. The molecule has 0 radical (unpaired) electrons. The molecule has 6 atom stereocenters. The molecular formula is C33H47N3O5. The molecule has 3 aliphatic rings. The molecule has 224 valence electrons. The van der Waals surface area contributed by atoms with Crippen LogP contribution in [0, 0.1) is 11.8 Å². The van der Waals surface area contributed by atoms with Crippen molar-refractivity contribution < 1.29 is 24.2 Å². The van der Waals surface area contributed by atoms with Gasteiger partial charge in [0, 0.05) is 25.2 Å². The third kappa shape index (κ3) is 4.93. The van der Waals surface area contributed by atoms with E-state index in [2.05, 4.69) is 13.2 Å². The van der Waals surface area contributed by atoms with Crippen molar-refractivity contribution in [3.63, 3.8) is 0 Å². The largest absolute Gasteiger partial charge is 0.394 e. The molecule has 3 saturated heterocycles. The van der Waals surface area contributed by atoms with Crippen LogP contribution in [0.5, 0.6) is 0 Å². The first-order valence-corrected chi connectivity index (χ1v) is 15.0. The van der Waals surface area contributed by atoms with Gasteiger partial charge < -0.3 is 24.5 Å². The lowest BCUT2D eigenvalue weighted by Crippen LogP contribution is -2.60. The lowest BCUT2D eigenvalue weighted by Gasteiger charge is -2.43. The highest BCUT2D eigenvalue weighted by Gasteiger charge is 2.79. The molecule has 1 aromatic rings. The van der Waals surface area contributed by atoms with Crippen LogP contribution in [0.4, 0.5) is 0 Å². The molecule has 4 rings (SSSR count). The minimum atomic E-state index is -1.18. The molecule has 2 bridgehead atoms. The number of benzene rings is 1. The Bertz CT molecular complexity index is 1160. The molecule has 3 aliphatic heterocycles. The highest BCUT2D eigenvalue weighted by molar-refractivity contribution is 5.99. The van der Waals surface area contributed by atoms with E-state index in [4.69, 9.17) is 4.74 Å². The Morgan fingerprint density at radius 2 is 1.78 bits per heavy atom. The summed E-state index contributed by atoms with van der Waals surface area (Å²) in [4.78, 5) is 48.9. The predicted molar refractivity (Wildman–Crippen MR) is 159 cm³/mol. The van der Waals surface area contributed by atoms with Crippen LogP contribution in [0.15, 0.2) is 55.6 Å². The number of nitrogens with zero attached hydrogens (tertiary/aromatic N) is 3. The van der Waals surface area contributed by atoms with Crippen molar-refractivity contribution in [3.8, 4) is 0 Å². The molecule has 2 unspecified atom stereocenters. The second-order valence-electron chi connectivity index (χ2n) is 12.7. The summed E-state index contributed by atoms with van der Waals surface area (Å²) in [6.07, 6.45) is 5.79. The minimum Gasteiger partial charge on any atom is -0.394 e. The first-order chi connectivity index (χ1) is 19.5. The van der Waals surface area contributed by atoms with Crippen molar-refractivity contribution >= 4 is 17.7 Å².